The molecule has 0 fully saturated rings. The molecule has 0 spiro atoms. The minimum Gasteiger partial charge on any atom is -0.464 e. The number of rotatable bonds is 8. The lowest BCUT2D eigenvalue weighted by molar-refractivity contribution is -0.132. The molecule has 0 aliphatic heterocycles. The van der Waals surface area contributed by atoms with Crippen molar-refractivity contribution in [1.29, 1.82) is 5.41 Å². The van der Waals surface area contributed by atoms with Gasteiger partial charge in [-0.05, 0) is 19.4 Å². The van der Waals surface area contributed by atoms with Gasteiger partial charge in [-0.3, -0.25) is 0 Å². The molecule has 1 aromatic carbocycles. The second-order valence-corrected chi connectivity index (χ2v) is 4.93. The van der Waals surface area contributed by atoms with E-state index in [4.69, 9.17) is 25.6 Å². The standard InChI is InChI=1S/C17H22N4O4/c1-11-6-5-7-14(16(21-24-4)17(22)23-3)15(11)10-25-20-12(2)13(8-18)9-19/h5-9,18H,10,19H2,1-4H3/b13-9+,18-8?,20-12+,21-16+. The number of nitrogens with two attached hydrogens (primary N) is 1. The van der Waals surface area contributed by atoms with E-state index in [1.165, 1.54) is 20.4 Å². The van der Waals surface area contributed by atoms with E-state index in [1.54, 1.807) is 19.1 Å². The molecule has 8 nitrogen and oxygen atoms in total. The van der Waals surface area contributed by atoms with Crippen LogP contribution in [0.15, 0.2) is 40.3 Å². The number of esters is 1. The summed E-state index contributed by atoms with van der Waals surface area (Å²) in [6.45, 7) is 3.65. The Morgan fingerprint density at radius 3 is 2.60 bits per heavy atom. The highest BCUT2D eigenvalue weighted by atomic mass is 16.6. The van der Waals surface area contributed by atoms with E-state index in [9.17, 15) is 4.79 Å². The molecular weight excluding hydrogens is 324 g/mol. The molecule has 0 aromatic heterocycles. The van der Waals surface area contributed by atoms with Crippen molar-refractivity contribution in [1.82, 2.24) is 0 Å². The Bertz CT molecular complexity index is 723. The van der Waals surface area contributed by atoms with Crippen LogP contribution in [-0.4, -0.2) is 37.8 Å². The molecule has 0 heterocycles. The molecule has 0 aliphatic carbocycles. The molecule has 0 radical (unpaired) electrons. The normalized spacial score (nSPS) is 12.6. The van der Waals surface area contributed by atoms with Gasteiger partial charge in [0, 0.05) is 29.1 Å². The fourth-order valence-electron chi connectivity index (χ4n) is 2.02. The smallest absolute Gasteiger partial charge is 0.360 e. The van der Waals surface area contributed by atoms with Gasteiger partial charge >= 0.3 is 5.97 Å². The lowest BCUT2D eigenvalue weighted by Crippen LogP contribution is -2.20. The van der Waals surface area contributed by atoms with Crippen LogP contribution < -0.4 is 5.73 Å². The van der Waals surface area contributed by atoms with E-state index < -0.39 is 5.97 Å². The molecule has 1 rings (SSSR count). The first-order chi connectivity index (χ1) is 12.0. The number of benzene rings is 1. The van der Waals surface area contributed by atoms with Gasteiger partial charge in [0.25, 0.3) is 0 Å². The van der Waals surface area contributed by atoms with Gasteiger partial charge in [0.15, 0.2) is 5.71 Å². The van der Waals surface area contributed by atoms with E-state index in [0.29, 0.717) is 22.4 Å². The van der Waals surface area contributed by atoms with Gasteiger partial charge in [-0.15, -0.1) is 0 Å². The summed E-state index contributed by atoms with van der Waals surface area (Å²) in [5.41, 5.74) is 8.49. The van der Waals surface area contributed by atoms with Crippen molar-refractivity contribution in [3.63, 3.8) is 0 Å². The van der Waals surface area contributed by atoms with Crippen LogP contribution in [0.5, 0.6) is 0 Å². The summed E-state index contributed by atoms with van der Waals surface area (Å²) in [6.07, 6.45) is 2.36. The van der Waals surface area contributed by atoms with Crippen molar-refractivity contribution in [3.8, 4) is 0 Å². The van der Waals surface area contributed by atoms with E-state index in [1.807, 2.05) is 13.0 Å². The summed E-state index contributed by atoms with van der Waals surface area (Å²) in [4.78, 5) is 22.1. The Labute approximate surface area is 146 Å². The molecular formula is C17H22N4O4. The van der Waals surface area contributed by atoms with Crippen LogP contribution in [0.3, 0.4) is 0 Å². The zero-order valence-electron chi connectivity index (χ0n) is 14.7. The molecule has 25 heavy (non-hydrogen) atoms. The van der Waals surface area contributed by atoms with Crippen LogP contribution in [0, 0.1) is 12.3 Å². The summed E-state index contributed by atoms with van der Waals surface area (Å²) in [5, 5.41) is 14.9. The van der Waals surface area contributed by atoms with Crippen molar-refractivity contribution >= 4 is 23.6 Å². The summed E-state index contributed by atoms with van der Waals surface area (Å²) < 4.78 is 4.75. The number of carbonyl (C=O) groups is 1. The number of nitrogens with zero attached hydrogens (tertiary/aromatic N) is 2. The number of allylic oxidation sites excluding steroid dienone is 1. The molecule has 0 saturated carbocycles. The van der Waals surface area contributed by atoms with Crippen LogP contribution >= 0.6 is 0 Å². The molecule has 134 valence electrons. The van der Waals surface area contributed by atoms with E-state index >= 15 is 0 Å². The first-order valence-electron chi connectivity index (χ1n) is 7.37. The first kappa shape index (κ1) is 19.9. The summed E-state index contributed by atoms with van der Waals surface area (Å²) in [6, 6.07) is 5.39. The lowest BCUT2D eigenvalue weighted by atomic mass is 9.99. The van der Waals surface area contributed by atoms with Crippen molar-refractivity contribution < 1.29 is 19.2 Å². The molecule has 0 aliphatic rings. The predicted octanol–water partition coefficient (Wildman–Crippen LogP) is 1.90. The first-order valence-corrected chi connectivity index (χ1v) is 7.37. The van der Waals surface area contributed by atoms with Crippen LogP contribution in [0.1, 0.15) is 23.6 Å². The fraction of sp³-hybridized carbons (Fsp3) is 0.294. The molecule has 1 aromatic rings. The average Bonchev–Trinajstić information content (AvgIpc) is 2.61. The second kappa shape index (κ2) is 9.86. The summed E-state index contributed by atoms with van der Waals surface area (Å²) >= 11 is 0. The molecule has 0 unspecified atom stereocenters. The van der Waals surface area contributed by atoms with Gasteiger partial charge in [0.2, 0.25) is 0 Å². The molecule has 0 amide bonds. The van der Waals surface area contributed by atoms with E-state index in [2.05, 4.69) is 10.3 Å². The Hall–Kier alpha value is -3.16. The highest BCUT2D eigenvalue weighted by Crippen LogP contribution is 2.18. The van der Waals surface area contributed by atoms with Crippen molar-refractivity contribution in [2.45, 2.75) is 20.5 Å². The quantitative estimate of drug-likeness (QED) is 0.423. The SMILES string of the molecule is CO/N=C(/C(=O)OC)c1cccc(C)c1CO/N=C(C)/C(C=N)=C/N. The molecule has 0 saturated heterocycles. The van der Waals surface area contributed by atoms with Gasteiger partial charge in [-0.25, -0.2) is 4.79 Å². The maximum absolute atomic E-state index is 12.0. The molecule has 3 N–H and O–H groups in total. The Balaban J connectivity index is 3.16. The van der Waals surface area contributed by atoms with Gasteiger partial charge < -0.3 is 25.6 Å². The zero-order valence-corrected chi connectivity index (χ0v) is 14.7. The number of carbonyl (C=O) groups excluding carboxylic acids is 1. The highest BCUT2D eigenvalue weighted by Gasteiger charge is 2.20. The molecule has 8 heteroatoms. The highest BCUT2D eigenvalue weighted by molar-refractivity contribution is 6.43. The predicted molar refractivity (Wildman–Crippen MR) is 95.7 cm³/mol. The van der Waals surface area contributed by atoms with Crippen molar-refractivity contribution in [2.75, 3.05) is 14.2 Å². The summed E-state index contributed by atoms with van der Waals surface area (Å²) in [7, 11) is 2.62. The number of oxime groups is 2. The second-order valence-electron chi connectivity index (χ2n) is 4.93. The maximum Gasteiger partial charge on any atom is 0.360 e. The van der Waals surface area contributed by atoms with Crippen LogP contribution in [0.2, 0.25) is 0 Å². The van der Waals surface area contributed by atoms with E-state index in [-0.39, 0.29) is 12.3 Å². The van der Waals surface area contributed by atoms with Crippen LogP contribution in [-0.2, 0) is 25.8 Å². The number of hydrogen-bond acceptors (Lipinski definition) is 8. The maximum atomic E-state index is 12.0. The van der Waals surface area contributed by atoms with Gasteiger partial charge in [-0.2, -0.15) is 0 Å². The number of methoxy groups -OCH3 is 1. The Morgan fingerprint density at radius 1 is 1.32 bits per heavy atom. The number of ether oxygens (including phenoxy) is 1. The fourth-order valence-corrected chi connectivity index (χ4v) is 2.02. The van der Waals surface area contributed by atoms with Crippen LogP contribution in [0.4, 0.5) is 0 Å². The third-order valence-corrected chi connectivity index (χ3v) is 3.39. The molecule has 0 atom stereocenters. The van der Waals surface area contributed by atoms with Gasteiger partial charge in [0.05, 0.1) is 12.8 Å². The lowest BCUT2D eigenvalue weighted by Gasteiger charge is -2.12. The van der Waals surface area contributed by atoms with Crippen molar-refractivity contribution in [3.05, 3.63) is 46.7 Å². The topological polar surface area (TPSA) is 119 Å². The van der Waals surface area contributed by atoms with Crippen LogP contribution in [0.25, 0.3) is 0 Å². The summed E-state index contributed by atoms with van der Waals surface area (Å²) in [5.74, 6) is -0.620. The Morgan fingerprint density at radius 2 is 2.04 bits per heavy atom. The third-order valence-electron chi connectivity index (χ3n) is 3.39. The number of aryl methyl sites for hydroxylation is 1. The minimum atomic E-state index is -0.620. The third kappa shape index (κ3) is 5.17. The van der Waals surface area contributed by atoms with E-state index in [0.717, 1.165) is 11.8 Å². The largest absolute Gasteiger partial charge is 0.464 e. The minimum absolute atomic E-state index is 0.0371. The van der Waals surface area contributed by atoms with Crippen molar-refractivity contribution in [2.24, 2.45) is 16.0 Å². The number of hydrogen-bond donors (Lipinski definition) is 2. The van der Waals surface area contributed by atoms with Gasteiger partial charge in [-0.1, -0.05) is 28.5 Å². The monoisotopic (exact) mass is 346 g/mol. The van der Waals surface area contributed by atoms with Gasteiger partial charge in [0.1, 0.15) is 13.7 Å². The zero-order chi connectivity index (χ0) is 18.8. The Kier molecular flexibility index (Phi) is 7.85. The number of nitrogens with one attached hydrogen (secondary N) is 1. The molecule has 0 bridgehead atoms. The average molecular weight is 346 g/mol.